The van der Waals surface area contributed by atoms with Crippen LogP contribution in [0.4, 0.5) is 0 Å². The molecule has 12 heterocycles. The number of aryl methyl sites for hydroxylation is 14. The van der Waals surface area contributed by atoms with Crippen LogP contribution in [0.25, 0.3) is 65.1 Å². The van der Waals surface area contributed by atoms with Crippen molar-refractivity contribution in [2.24, 2.45) is 14.1 Å². The smallest absolute Gasteiger partial charge is 0.199 e. The molecule has 0 bridgehead atoms. The zero-order valence-corrected chi connectivity index (χ0v) is 63.4. The highest BCUT2D eigenvalue weighted by atomic mass is 32.1. The molecule has 0 atom stereocenters. The van der Waals surface area contributed by atoms with Gasteiger partial charge in [0.05, 0.1) is 36.5 Å². The van der Waals surface area contributed by atoms with Crippen molar-refractivity contribution in [1.29, 1.82) is 0 Å². The van der Waals surface area contributed by atoms with E-state index in [0.717, 1.165) is 96.3 Å². The number of hydrogen-bond donors (Lipinski definition) is 0. The minimum atomic E-state index is 0.305. The maximum absolute atomic E-state index is 5.83. The standard InChI is InChI=1S/C14H20N2.C13H19N3.C13H17NO.C13H17NS.C12H16N2O.C12H16N2S/c1-8(2)13-7-12-14(16(13)6)10(4)9(3)11(5)15-12;1-7(2)13-15-12-11(16(13)6)9(4)8(3)10(5)14-12;2*1-7(2)12-6-11-13(15-12)9(4)8(3)10(5)14-11;2*1-6(2)12-14-11-10(15-12)8(4)7(3)9(5)13-11/h7-8H,1-6H3;7H,1-6H3;2*6-7H,1-5H3;2*6H,1-5H3. The molecule has 13 nitrogen and oxygen atoms in total. The zero-order valence-electron chi connectivity index (χ0n) is 61.7. The van der Waals surface area contributed by atoms with Gasteiger partial charge in [0.15, 0.2) is 34.0 Å². The van der Waals surface area contributed by atoms with Gasteiger partial charge < -0.3 is 18.0 Å². The molecule has 492 valence electrons. The van der Waals surface area contributed by atoms with Crippen molar-refractivity contribution in [1.82, 2.24) is 54.0 Å². The topological polar surface area (TPSA) is 152 Å². The van der Waals surface area contributed by atoms with Crippen molar-refractivity contribution in [3.8, 4) is 0 Å². The molecule has 12 aromatic heterocycles. The molecule has 12 aromatic rings. The lowest BCUT2D eigenvalue weighted by atomic mass is 10.1. The molecule has 0 spiro atoms. The molecule has 15 heteroatoms. The Morgan fingerprint density at radius 2 is 0.793 bits per heavy atom. The number of oxazole rings is 1. The van der Waals surface area contributed by atoms with Gasteiger partial charge >= 0.3 is 0 Å². The van der Waals surface area contributed by atoms with Crippen LogP contribution in [0.15, 0.2) is 27.0 Å². The molecule has 0 amide bonds. The van der Waals surface area contributed by atoms with Crippen molar-refractivity contribution >= 4 is 87.8 Å². The predicted octanol–water partition coefficient (Wildman–Crippen LogP) is 21.9. The fraction of sp³-hybridized carbons (Fsp3) is 0.494. The molecule has 0 aliphatic carbocycles. The van der Waals surface area contributed by atoms with E-state index >= 15 is 0 Å². The van der Waals surface area contributed by atoms with Gasteiger partial charge in [0.2, 0.25) is 0 Å². The Labute approximate surface area is 556 Å². The van der Waals surface area contributed by atoms with Crippen LogP contribution in [0.1, 0.15) is 253 Å². The molecule has 0 saturated carbocycles. The number of pyridine rings is 6. The molecule has 0 aliphatic heterocycles. The van der Waals surface area contributed by atoms with Crippen molar-refractivity contribution in [2.45, 2.75) is 243 Å². The summed E-state index contributed by atoms with van der Waals surface area (Å²) in [6.07, 6.45) is 0. The van der Waals surface area contributed by atoms with Crippen molar-refractivity contribution in [3.63, 3.8) is 0 Å². The summed E-state index contributed by atoms with van der Waals surface area (Å²) in [5.74, 6) is 5.68. The molecule has 92 heavy (non-hydrogen) atoms. The normalized spacial score (nSPS) is 11.6. The van der Waals surface area contributed by atoms with Gasteiger partial charge in [0.25, 0.3) is 0 Å². The summed E-state index contributed by atoms with van der Waals surface area (Å²) >= 11 is 3.67. The van der Waals surface area contributed by atoms with Gasteiger partial charge in [0, 0.05) is 94.1 Å². The molecule has 0 fully saturated rings. The highest BCUT2D eigenvalue weighted by molar-refractivity contribution is 7.19. The van der Waals surface area contributed by atoms with Crippen LogP contribution < -0.4 is 0 Å². The number of aromatic nitrogens is 11. The van der Waals surface area contributed by atoms with E-state index in [-0.39, 0.29) is 0 Å². The minimum absolute atomic E-state index is 0.305. The molecule has 12 rings (SSSR count). The van der Waals surface area contributed by atoms with Crippen LogP contribution in [-0.2, 0) is 14.1 Å². The Kier molecular flexibility index (Phi) is 22.7. The average molecular weight is 1280 g/mol. The lowest BCUT2D eigenvalue weighted by Gasteiger charge is -2.10. The van der Waals surface area contributed by atoms with E-state index in [1.165, 1.54) is 103 Å². The number of nitrogens with zero attached hydrogens (tertiary/aromatic N) is 11. The van der Waals surface area contributed by atoms with E-state index in [4.69, 9.17) is 8.83 Å². The number of hydrogen-bond acceptors (Lipinski definition) is 13. The second-order valence-electron chi connectivity index (χ2n) is 27.3. The molecule has 0 aromatic carbocycles. The zero-order chi connectivity index (χ0) is 68.7. The van der Waals surface area contributed by atoms with Crippen molar-refractivity contribution in [2.75, 3.05) is 0 Å². The monoisotopic (exact) mass is 1280 g/mol. The van der Waals surface area contributed by atoms with Gasteiger partial charge in [-0.15, -0.1) is 22.7 Å². The molecular formula is C77H105N11O2S2. The third-order valence-corrected chi connectivity index (χ3v) is 21.7. The second-order valence-corrected chi connectivity index (χ2v) is 29.4. The first-order chi connectivity index (χ1) is 42.9. The summed E-state index contributed by atoms with van der Waals surface area (Å²) < 4.78 is 18.6. The summed E-state index contributed by atoms with van der Waals surface area (Å²) in [6.45, 7) is 63.9. The Balaban J connectivity index is 0.000000157. The van der Waals surface area contributed by atoms with Gasteiger partial charge in [0.1, 0.15) is 17.1 Å². The van der Waals surface area contributed by atoms with Crippen LogP contribution in [0.3, 0.4) is 0 Å². The molecule has 0 saturated heterocycles. The average Bonchev–Trinajstić information content (AvgIpc) is 1.66. The Bertz CT molecular complexity index is 4180. The molecule has 0 N–H and O–H groups in total. The summed E-state index contributed by atoms with van der Waals surface area (Å²) in [5.41, 5.74) is 33.4. The summed E-state index contributed by atoms with van der Waals surface area (Å²) in [5, 5.41) is 1.19. The van der Waals surface area contributed by atoms with E-state index < -0.39 is 0 Å². The Morgan fingerprint density at radius 3 is 1.30 bits per heavy atom. The molecule has 0 aliphatic rings. The lowest BCUT2D eigenvalue weighted by molar-refractivity contribution is 0.500. The fourth-order valence-corrected chi connectivity index (χ4v) is 13.5. The third kappa shape index (κ3) is 14.9. The van der Waals surface area contributed by atoms with Gasteiger partial charge in [-0.05, 0) is 210 Å². The van der Waals surface area contributed by atoms with Crippen molar-refractivity contribution in [3.05, 3.63) is 152 Å². The number of thiophene rings is 1. The van der Waals surface area contributed by atoms with E-state index in [0.29, 0.717) is 35.5 Å². The lowest BCUT2D eigenvalue weighted by Crippen LogP contribution is -2.01. The van der Waals surface area contributed by atoms with E-state index in [1.807, 2.05) is 32.1 Å². The van der Waals surface area contributed by atoms with Gasteiger partial charge in [-0.1, -0.05) is 83.1 Å². The number of furan rings is 1. The van der Waals surface area contributed by atoms with E-state index in [1.54, 1.807) is 11.3 Å². The Morgan fingerprint density at radius 1 is 0.326 bits per heavy atom. The summed E-state index contributed by atoms with van der Waals surface area (Å²) in [7, 11) is 4.22. The maximum atomic E-state index is 5.83. The predicted molar refractivity (Wildman–Crippen MR) is 392 cm³/mol. The largest absolute Gasteiger partial charge is 0.459 e. The van der Waals surface area contributed by atoms with Gasteiger partial charge in [-0.3, -0.25) is 9.97 Å². The highest BCUT2D eigenvalue weighted by Gasteiger charge is 2.20. The van der Waals surface area contributed by atoms with Crippen LogP contribution in [-0.4, -0.2) is 54.0 Å². The number of thiazole rings is 1. The molecule has 0 unspecified atom stereocenters. The fourth-order valence-electron chi connectivity index (χ4n) is 11.3. The third-order valence-electron chi connectivity index (χ3n) is 18.7. The van der Waals surface area contributed by atoms with Crippen LogP contribution in [0.2, 0.25) is 0 Å². The SMILES string of the molecule is Cc1nc2cc(C(C)C)n(C)c2c(C)c1C.Cc1nc2cc(C(C)C)oc2c(C)c1C.Cc1nc2cc(C(C)C)sc2c(C)c1C.Cc1nc2nc(C(C)C)n(C)c2c(C)c1C.Cc1nc2nc(C(C)C)oc2c(C)c1C.Cc1nc2nc(C(C)C)sc2c(C)c1C. The van der Waals surface area contributed by atoms with Gasteiger partial charge in [-0.2, -0.15) is 4.98 Å². The van der Waals surface area contributed by atoms with Gasteiger partial charge in [-0.25, -0.2) is 29.9 Å². The Hall–Kier alpha value is -7.23. The second kappa shape index (κ2) is 29.0. The first-order valence-electron chi connectivity index (χ1n) is 32.8. The number of rotatable bonds is 6. The number of imidazole rings is 1. The van der Waals surface area contributed by atoms with Crippen LogP contribution in [0, 0.1) is 125 Å². The van der Waals surface area contributed by atoms with Crippen LogP contribution >= 0.6 is 22.7 Å². The van der Waals surface area contributed by atoms with E-state index in [9.17, 15) is 0 Å². The van der Waals surface area contributed by atoms with Crippen LogP contribution in [0.5, 0.6) is 0 Å². The summed E-state index contributed by atoms with van der Waals surface area (Å²) in [4.78, 5) is 42.5. The highest BCUT2D eigenvalue weighted by Crippen LogP contribution is 2.36. The first-order valence-corrected chi connectivity index (χ1v) is 34.5. The summed E-state index contributed by atoms with van der Waals surface area (Å²) in [6, 6.07) is 6.52. The minimum Gasteiger partial charge on any atom is -0.459 e. The molecule has 0 radical (unpaired) electrons. The number of fused-ring (bicyclic) bond motifs is 6. The first kappa shape index (κ1) is 72.2. The maximum Gasteiger partial charge on any atom is 0.199 e. The quantitative estimate of drug-likeness (QED) is 0.156. The molecular weight excluding hydrogens is 1180 g/mol. The van der Waals surface area contributed by atoms with Crippen molar-refractivity contribution < 1.29 is 8.83 Å². The van der Waals surface area contributed by atoms with E-state index in [2.05, 4.69) is 273 Å².